The van der Waals surface area contributed by atoms with E-state index in [0.717, 1.165) is 12.2 Å². The average Bonchev–Trinajstić information content (AvgIpc) is 2.63. The number of anilines is 2. The molecular weight excluding hydrogens is 241 g/mol. The van der Waals surface area contributed by atoms with Crippen molar-refractivity contribution in [3.05, 3.63) is 40.9 Å². The maximum absolute atomic E-state index is 12.9. The highest BCUT2D eigenvalue weighted by molar-refractivity contribution is 6.33. The molecule has 1 N–H and O–H groups in total. The van der Waals surface area contributed by atoms with Crippen molar-refractivity contribution in [2.45, 2.75) is 20.4 Å². The predicted octanol–water partition coefficient (Wildman–Crippen LogP) is 3.75. The van der Waals surface area contributed by atoms with Gasteiger partial charge in [-0.2, -0.15) is 0 Å². The summed E-state index contributed by atoms with van der Waals surface area (Å²) >= 11 is 5.94. The van der Waals surface area contributed by atoms with Gasteiger partial charge in [-0.25, -0.2) is 9.37 Å². The van der Waals surface area contributed by atoms with Gasteiger partial charge in [-0.05, 0) is 32.0 Å². The fraction of sp³-hybridized carbons (Fsp3) is 0.250. The molecule has 0 aliphatic rings. The quantitative estimate of drug-likeness (QED) is 0.903. The van der Waals surface area contributed by atoms with E-state index in [9.17, 15) is 4.39 Å². The summed E-state index contributed by atoms with van der Waals surface area (Å²) in [6.07, 6.45) is 1.94. The van der Waals surface area contributed by atoms with Gasteiger partial charge in [0.15, 0.2) is 0 Å². The van der Waals surface area contributed by atoms with Gasteiger partial charge in [-0.15, -0.1) is 0 Å². The van der Waals surface area contributed by atoms with Gasteiger partial charge >= 0.3 is 0 Å². The number of nitrogens with zero attached hydrogens (tertiary/aromatic N) is 2. The minimum absolute atomic E-state index is 0.341. The molecule has 1 aromatic carbocycles. The zero-order chi connectivity index (χ0) is 12.4. The Kier molecular flexibility index (Phi) is 3.33. The third-order valence-corrected chi connectivity index (χ3v) is 2.73. The van der Waals surface area contributed by atoms with E-state index >= 15 is 0 Å². The zero-order valence-corrected chi connectivity index (χ0v) is 10.4. The van der Waals surface area contributed by atoms with E-state index in [4.69, 9.17) is 11.6 Å². The smallest absolute Gasteiger partial charge is 0.207 e. The molecule has 0 fully saturated rings. The second kappa shape index (κ2) is 4.75. The third kappa shape index (κ3) is 2.58. The molecule has 3 nitrogen and oxygen atoms in total. The molecular formula is C12H13ClFN3. The Morgan fingerprint density at radius 3 is 2.88 bits per heavy atom. The molecule has 0 aliphatic carbocycles. The number of imidazole rings is 1. The first-order chi connectivity index (χ1) is 8.10. The molecule has 0 amide bonds. The number of nitrogens with one attached hydrogen (secondary N) is 1. The van der Waals surface area contributed by atoms with E-state index < -0.39 is 0 Å². The van der Waals surface area contributed by atoms with Gasteiger partial charge in [0.05, 0.1) is 16.4 Å². The van der Waals surface area contributed by atoms with Gasteiger partial charge in [-0.3, -0.25) is 0 Å². The number of rotatable bonds is 3. The van der Waals surface area contributed by atoms with Crippen LogP contribution in [0.4, 0.5) is 16.0 Å². The van der Waals surface area contributed by atoms with Crippen molar-refractivity contribution in [3.63, 3.8) is 0 Å². The van der Waals surface area contributed by atoms with Crippen molar-refractivity contribution in [3.8, 4) is 0 Å². The molecule has 0 bridgehead atoms. The summed E-state index contributed by atoms with van der Waals surface area (Å²) in [7, 11) is 0. The maximum Gasteiger partial charge on any atom is 0.207 e. The lowest BCUT2D eigenvalue weighted by Crippen LogP contribution is -2.01. The second-order valence-electron chi connectivity index (χ2n) is 3.74. The van der Waals surface area contributed by atoms with Crippen LogP contribution in [0.2, 0.25) is 5.02 Å². The molecule has 0 aliphatic heterocycles. The van der Waals surface area contributed by atoms with Gasteiger partial charge in [0, 0.05) is 12.7 Å². The monoisotopic (exact) mass is 253 g/mol. The number of hydrogen-bond acceptors (Lipinski definition) is 2. The SMILES string of the molecule is CCn1cc(C)nc1Nc1ccc(F)cc1Cl. The Hall–Kier alpha value is -1.55. The molecule has 0 saturated carbocycles. The number of aromatic nitrogens is 2. The summed E-state index contributed by atoms with van der Waals surface area (Å²) in [5.74, 6) is 0.356. The fourth-order valence-corrected chi connectivity index (χ4v) is 1.81. The first kappa shape index (κ1) is 11.9. The number of halogens is 2. The van der Waals surface area contributed by atoms with Crippen LogP contribution in [-0.2, 0) is 6.54 Å². The van der Waals surface area contributed by atoms with Crippen molar-refractivity contribution in [2.24, 2.45) is 0 Å². The van der Waals surface area contributed by atoms with E-state index in [1.165, 1.54) is 12.1 Å². The Bertz CT molecular complexity index is 537. The summed E-state index contributed by atoms with van der Waals surface area (Å²) in [5.41, 5.74) is 1.57. The van der Waals surface area contributed by atoms with Crippen LogP contribution in [0.1, 0.15) is 12.6 Å². The van der Waals surface area contributed by atoms with Gasteiger partial charge in [-0.1, -0.05) is 11.6 Å². The Morgan fingerprint density at radius 2 is 2.24 bits per heavy atom. The Morgan fingerprint density at radius 1 is 1.47 bits per heavy atom. The average molecular weight is 254 g/mol. The molecule has 2 aromatic rings. The van der Waals surface area contributed by atoms with Gasteiger partial charge in [0.25, 0.3) is 0 Å². The highest BCUT2D eigenvalue weighted by atomic mass is 35.5. The normalized spacial score (nSPS) is 10.6. The van der Waals surface area contributed by atoms with Gasteiger partial charge < -0.3 is 9.88 Å². The molecule has 17 heavy (non-hydrogen) atoms. The Balaban J connectivity index is 2.30. The number of aryl methyl sites for hydroxylation is 2. The van der Waals surface area contributed by atoms with Gasteiger partial charge in [0.2, 0.25) is 5.95 Å². The number of benzene rings is 1. The summed E-state index contributed by atoms with van der Waals surface area (Å²) in [5, 5.41) is 3.43. The van der Waals surface area contributed by atoms with Crippen LogP contribution in [0.25, 0.3) is 0 Å². The molecule has 0 unspecified atom stereocenters. The van der Waals surface area contributed by atoms with Crippen molar-refractivity contribution in [1.82, 2.24) is 9.55 Å². The summed E-state index contributed by atoms with van der Waals surface area (Å²) in [6, 6.07) is 4.23. The highest BCUT2D eigenvalue weighted by Crippen LogP contribution is 2.25. The molecule has 90 valence electrons. The zero-order valence-electron chi connectivity index (χ0n) is 9.67. The van der Waals surface area contributed by atoms with E-state index in [1.54, 1.807) is 6.07 Å². The molecule has 5 heteroatoms. The highest BCUT2D eigenvalue weighted by Gasteiger charge is 2.07. The van der Waals surface area contributed by atoms with Crippen LogP contribution in [0.5, 0.6) is 0 Å². The van der Waals surface area contributed by atoms with Crippen LogP contribution in [-0.4, -0.2) is 9.55 Å². The lowest BCUT2D eigenvalue weighted by Gasteiger charge is -2.09. The van der Waals surface area contributed by atoms with E-state index in [-0.39, 0.29) is 5.82 Å². The molecule has 0 saturated heterocycles. The molecule has 1 aromatic heterocycles. The molecule has 0 spiro atoms. The van der Waals surface area contributed by atoms with Crippen LogP contribution in [0.15, 0.2) is 24.4 Å². The first-order valence-corrected chi connectivity index (χ1v) is 5.73. The molecule has 1 heterocycles. The summed E-state index contributed by atoms with van der Waals surface area (Å²) in [4.78, 5) is 4.34. The second-order valence-corrected chi connectivity index (χ2v) is 4.15. The third-order valence-electron chi connectivity index (χ3n) is 2.42. The van der Waals surface area contributed by atoms with Crippen molar-refractivity contribution >= 4 is 23.2 Å². The number of hydrogen-bond donors (Lipinski definition) is 1. The van der Waals surface area contributed by atoms with Crippen molar-refractivity contribution in [2.75, 3.05) is 5.32 Å². The molecule has 2 rings (SSSR count). The Labute approximate surface area is 104 Å². The van der Waals surface area contributed by atoms with Crippen LogP contribution in [0.3, 0.4) is 0 Å². The largest absolute Gasteiger partial charge is 0.324 e. The van der Waals surface area contributed by atoms with Crippen molar-refractivity contribution < 1.29 is 4.39 Å². The molecule has 0 radical (unpaired) electrons. The minimum atomic E-state index is -0.351. The first-order valence-electron chi connectivity index (χ1n) is 5.36. The van der Waals surface area contributed by atoms with E-state index in [0.29, 0.717) is 16.7 Å². The maximum atomic E-state index is 12.9. The van der Waals surface area contributed by atoms with Crippen LogP contribution in [0, 0.1) is 12.7 Å². The molecule has 0 atom stereocenters. The van der Waals surface area contributed by atoms with Gasteiger partial charge in [0.1, 0.15) is 5.82 Å². The van der Waals surface area contributed by atoms with Crippen molar-refractivity contribution in [1.29, 1.82) is 0 Å². The summed E-state index contributed by atoms with van der Waals surface area (Å²) < 4.78 is 14.9. The van der Waals surface area contributed by atoms with Crippen LogP contribution >= 0.6 is 11.6 Å². The van der Waals surface area contributed by atoms with E-state index in [2.05, 4.69) is 10.3 Å². The lowest BCUT2D eigenvalue weighted by atomic mass is 10.3. The predicted molar refractivity (Wildman–Crippen MR) is 67.3 cm³/mol. The topological polar surface area (TPSA) is 29.9 Å². The van der Waals surface area contributed by atoms with E-state index in [1.807, 2.05) is 24.6 Å². The van der Waals surface area contributed by atoms with Crippen LogP contribution < -0.4 is 5.32 Å². The lowest BCUT2D eigenvalue weighted by molar-refractivity contribution is 0.628. The standard InChI is InChI=1S/C12H13ClFN3/c1-3-17-7-8(2)15-12(17)16-11-5-4-9(14)6-10(11)13/h4-7H,3H2,1-2H3,(H,15,16). The minimum Gasteiger partial charge on any atom is -0.324 e. The fourth-order valence-electron chi connectivity index (χ4n) is 1.60. The summed E-state index contributed by atoms with van der Waals surface area (Å²) in [6.45, 7) is 4.75.